The molecule has 0 spiro atoms. The van der Waals surface area contributed by atoms with Gasteiger partial charge in [0, 0.05) is 24.2 Å². The summed E-state index contributed by atoms with van der Waals surface area (Å²) in [5.41, 5.74) is 0.706. The largest absolute Gasteiger partial charge is 0.346 e. The van der Waals surface area contributed by atoms with Crippen molar-refractivity contribution in [3.8, 4) is 0 Å². The molecule has 34 heavy (non-hydrogen) atoms. The molecule has 3 aliphatic rings. The minimum absolute atomic E-state index is 0.254. The van der Waals surface area contributed by atoms with E-state index < -0.39 is 17.2 Å². The summed E-state index contributed by atoms with van der Waals surface area (Å²) in [4.78, 5) is 19.6. The van der Waals surface area contributed by atoms with Gasteiger partial charge in [-0.25, -0.2) is 18.3 Å². The monoisotopic (exact) mass is 479 g/mol. The zero-order valence-corrected chi connectivity index (χ0v) is 18.7. The molecule has 1 aromatic carbocycles. The third-order valence-electron chi connectivity index (χ3n) is 7.09. The fourth-order valence-electron chi connectivity index (χ4n) is 5.19. The van der Waals surface area contributed by atoms with Crippen LogP contribution >= 0.6 is 11.3 Å². The predicted molar refractivity (Wildman–Crippen MR) is 121 cm³/mol. The Labute approximate surface area is 196 Å². The average Bonchev–Trinajstić information content (AvgIpc) is 3.67. The summed E-state index contributed by atoms with van der Waals surface area (Å²) in [6.45, 7) is 0.689. The molecule has 8 nitrogen and oxygen atoms in total. The number of carbonyl (C=O) groups is 1. The first-order valence-corrected chi connectivity index (χ1v) is 12.1. The van der Waals surface area contributed by atoms with Gasteiger partial charge in [-0.15, -0.1) is 10.2 Å². The summed E-state index contributed by atoms with van der Waals surface area (Å²) in [6, 6.07) is 5.45. The number of benzene rings is 1. The maximum atomic E-state index is 14.7. The Kier molecular flexibility index (Phi) is 4.12. The minimum Gasteiger partial charge on any atom is -0.346 e. The number of anilines is 2. The maximum absolute atomic E-state index is 14.7. The average molecular weight is 480 g/mol. The Hall–Kier alpha value is -3.47. The van der Waals surface area contributed by atoms with Crippen molar-refractivity contribution in [1.29, 1.82) is 0 Å². The molecule has 3 fully saturated rings. The van der Waals surface area contributed by atoms with Gasteiger partial charge in [0.2, 0.25) is 5.01 Å². The Balaban J connectivity index is 1.21. The van der Waals surface area contributed by atoms with Gasteiger partial charge in [-0.3, -0.25) is 4.79 Å². The van der Waals surface area contributed by atoms with Crippen LogP contribution in [0.3, 0.4) is 0 Å². The van der Waals surface area contributed by atoms with Crippen molar-refractivity contribution in [1.82, 2.24) is 24.8 Å². The maximum Gasteiger partial charge on any atom is 0.286 e. The van der Waals surface area contributed by atoms with Crippen LogP contribution in [0.2, 0.25) is 0 Å². The third kappa shape index (κ3) is 2.96. The molecule has 4 aromatic rings. The molecule has 2 saturated carbocycles. The Morgan fingerprint density at radius 2 is 2.06 bits per heavy atom. The molecular formula is C23H19F2N7OS. The quantitative estimate of drug-likeness (QED) is 0.463. The molecule has 4 heterocycles. The lowest BCUT2D eigenvalue weighted by atomic mass is 10.0. The van der Waals surface area contributed by atoms with E-state index in [9.17, 15) is 13.6 Å². The summed E-state index contributed by atoms with van der Waals surface area (Å²) >= 11 is 1.31. The van der Waals surface area contributed by atoms with Gasteiger partial charge < -0.3 is 10.2 Å². The molecule has 2 aliphatic carbocycles. The molecule has 0 bridgehead atoms. The third-order valence-corrected chi connectivity index (χ3v) is 8.18. The molecule has 1 amide bonds. The molecular weight excluding hydrogens is 460 g/mol. The number of aromatic nitrogens is 5. The fraction of sp³-hybridized carbons (Fsp3) is 0.348. The van der Waals surface area contributed by atoms with E-state index in [1.165, 1.54) is 23.5 Å². The first-order chi connectivity index (χ1) is 16.5. The van der Waals surface area contributed by atoms with Crippen LogP contribution < -0.4 is 10.2 Å². The molecule has 7 rings (SSSR count). The summed E-state index contributed by atoms with van der Waals surface area (Å²) in [7, 11) is 0. The van der Waals surface area contributed by atoms with Gasteiger partial charge in [0.05, 0.1) is 11.7 Å². The molecule has 172 valence electrons. The Morgan fingerprint density at radius 3 is 2.88 bits per heavy atom. The molecule has 0 unspecified atom stereocenters. The highest BCUT2D eigenvalue weighted by atomic mass is 32.1. The number of hydrogen-bond donors (Lipinski definition) is 1. The van der Waals surface area contributed by atoms with E-state index in [0.717, 1.165) is 36.8 Å². The lowest BCUT2D eigenvalue weighted by Gasteiger charge is -2.30. The standard InChI is InChI=1S/C23H19F2N7OS/c24-14-3-4-16(25)15(9-14)23-10-13(23)5-7-31(23)18-6-8-32-19(28-18)17(11-26-32)27-20(33)22-30-29-21(34-22)12-1-2-12/h3-4,6,8-9,11-13H,1-2,5,7,10H2,(H,27,33)/t13-,23+/m0/s1. The molecule has 1 saturated heterocycles. The number of halogens is 2. The van der Waals surface area contributed by atoms with Crippen molar-refractivity contribution in [3.05, 3.63) is 63.9 Å². The molecule has 1 aliphatic heterocycles. The van der Waals surface area contributed by atoms with E-state index in [2.05, 4.69) is 25.5 Å². The Morgan fingerprint density at radius 1 is 1.18 bits per heavy atom. The van der Waals surface area contributed by atoms with Gasteiger partial charge in [0.15, 0.2) is 5.65 Å². The van der Waals surface area contributed by atoms with Crippen molar-refractivity contribution in [2.24, 2.45) is 5.92 Å². The van der Waals surface area contributed by atoms with Crippen LogP contribution in [0.1, 0.15) is 52.0 Å². The van der Waals surface area contributed by atoms with Crippen molar-refractivity contribution in [3.63, 3.8) is 0 Å². The second-order valence-electron chi connectivity index (χ2n) is 9.18. The number of piperidine rings is 1. The molecule has 11 heteroatoms. The number of amides is 1. The fourth-order valence-corrected chi connectivity index (χ4v) is 6.10. The van der Waals surface area contributed by atoms with E-state index in [4.69, 9.17) is 4.98 Å². The van der Waals surface area contributed by atoms with E-state index >= 15 is 0 Å². The van der Waals surface area contributed by atoms with Crippen LogP contribution in [0.4, 0.5) is 20.3 Å². The molecule has 2 atom stereocenters. The van der Waals surface area contributed by atoms with E-state index in [1.807, 2.05) is 6.07 Å². The molecule has 3 aromatic heterocycles. The topological polar surface area (TPSA) is 88.3 Å². The van der Waals surface area contributed by atoms with E-state index in [-0.39, 0.29) is 11.8 Å². The number of rotatable bonds is 5. The number of carbonyl (C=O) groups excluding carboxylic acids is 1. The first kappa shape index (κ1) is 20.0. The van der Waals surface area contributed by atoms with Crippen LogP contribution in [-0.4, -0.2) is 37.2 Å². The summed E-state index contributed by atoms with van der Waals surface area (Å²) in [5, 5.41) is 16.5. The molecule has 0 radical (unpaired) electrons. The summed E-state index contributed by atoms with van der Waals surface area (Å²) < 4.78 is 30.3. The summed E-state index contributed by atoms with van der Waals surface area (Å²) in [6.07, 6.45) is 7.12. The molecule has 1 N–H and O–H groups in total. The number of nitrogens with zero attached hydrogens (tertiary/aromatic N) is 6. The van der Waals surface area contributed by atoms with E-state index in [0.29, 0.717) is 40.2 Å². The lowest BCUT2D eigenvalue weighted by Crippen LogP contribution is -2.34. The highest BCUT2D eigenvalue weighted by Gasteiger charge is 2.64. The van der Waals surface area contributed by atoms with Crippen LogP contribution in [0.5, 0.6) is 0 Å². The van der Waals surface area contributed by atoms with Gasteiger partial charge >= 0.3 is 0 Å². The lowest BCUT2D eigenvalue weighted by molar-refractivity contribution is 0.102. The number of fused-ring (bicyclic) bond motifs is 2. The zero-order chi connectivity index (χ0) is 23.0. The van der Waals surface area contributed by atoms with E-state index in [1.54, 1.807) is 16.9 Å². The zero-order valence-electron chi connectivity index (χ0n) is 17.9. The second-order valence-corrected chi connectivity index (χ2v) is 10.2. The first-order valence-electron chi connectivity index (χ1n) is 11.3. The highest BCUT2D eigenvalue weighted by molar-refractivity contribution is 7.13. The smallest absolute Gasteiger partial charge is 0.286 e. The van der Waals surface area contributed by atoms with Gasteiger partial charge in [-0.2, -0.15) is 5.10 Å². The summed E-state index contributed by atoms with van der Waals surface area (Å²) in [5.74, 6) is 0.115. The van der Waals surface area contributed by atoms with Gasteiger partial charge in [0.25, 0.3) is 5.91 Å². The minimum atomic E-state index is -0.591. The van der Waals surface area contributed by atoms with Crippen LogP contribution in [0.15, 0.2) is 36.7 Å². The highest BCUT2D eigenvalue weighted by Crippen LogP contribution is 2.63. The van der Waals surface area contributed by atoms with Gasteiger partial charge in [-0.05, 0) is 55.9 Å². The van der Waals surface area contributed by atoms with Crippen molar-refractivity contribution >= 4 is 34.4 Å². The van der Waals surface area contributed by atoms with Crippen molar-refractivity contribution in [2.45, 2.75) is 37.1 Å². The second kappa shape index (κ2) is 7.02. The van der Waals surface area contributed by atoms with Crippen LogP contribution in [-0.2, 0) is 5.54 Å². The van der Waals surface area contributed by atoms with Gasteiger partial charge in [-0.1, -0.05) is 11.3 Å². The van der Waals surface area contributed by atoms with Crippen LogP contribution in [0.25, 0.3) is 5.65 Å². The Bertz CT molecular complexity index is 1460. The normalized spacial score (nSPS) is 23.4. The number of hydrogen-bond acceptors (Lipinski definition) is 7. The van der Waals surface area contributed by atoms with Gasteiger partial charge in [0.1, 0.15) is 28.1 Å². The SMILES string of the molecule is O=C(Nc1cnn2ccc(N3CC[C@H]4C[C@]43c3cc(F)ccc3F)nc12)c1nnc(C2CC2)s1. The van der Waals surface area contributed by atoms with Crippen molar-refractivity contribution in [2.75, 3.05) is 16.8 Å². The van der Waals surface area contributed by atoms with Crippen LogP contribution in [0, 0.1) is 17.6 Å². The number of nitrogens with one attached hydrogen (secondary N) is 1. The predicted octanol–water partition coefficient (Wildman–Crippen LogP) is 4.11. The van der Waals surface area contributed by atoms with Crippen molar-refractivity contribution < 1.29 is 13.6 Å².